The number of piperazine rings is 1. The van der Waals surface area contributed by atoms with Gasteiger partial charge in [-0.1, -0.05) is 30.3 Å². The van der Waals surface area contributed by atoms with Gasteiger partial charge < -0.3 is 10.4 Å². The van der Waals surface area contributed by atoms with Crippen LogP contribution in [0.25, 0.3) is 0 Å². The Morgan fingerprint density at radius 3 is 2.54 bits per heavy atom. The van der Waals surface area contributed by atoms with E-state index >= 15 is 0 Å². The summed E-state index contributed by atoms with van der Waals surface area (Å²) in [6, 6.07) is 13.5. The molecule has 1 aliphatic rings. The Balaban J connectivity index is 1.34. The van der Waals surface area contributed by atoms with Gasteiger partial charge in [0.05, 0.1) is 24.1 Å². The summed E-state index contributed by atoms with van der Waals surface area (Å²) in [6.07, 6.45) is 1.60. The van der Waals surface area contributed by atoms with Crippen LogP contribution in [0.4, 0.5) is 5.69 Å². The van der Waals surface area contributed by atoms with Crippen molar-refractivity contribution >= 4 is 35.1 Å². The van der Waals surface area contributed by atoms with E-state index in [2.05, 4.69) is 25.6 Å². The Morgan fingerprint density at radius 2 is 1.78 bits per heavy atom. The summed E-state index contributed by atoms with van der Waals surface area (Å²) in [6.45, 7) is 9.45. The number of anilines is 1. The van der Waals surface area contributed by atoms with Gasteiger partial charge in [-0.15, -0.1) is 11.3 Å². The van der Waals surface area contributed by atoms with E-state index in [9.17, 15) is 9.59 Å². The van der Waals surface area contributed by atoms with Crippen LogP contribution >= 0.6 is 11.3 Å². The van der Waals surface area contributed by atoms with E-state index in [0.717, 1.165) is 49.4 Å². The second-order valence-corrected chi connectivity index (χ2v) is 9.98. The van der Waals surface area contributed by atoms with Gasteiger partial charge in [0.15, 0.2) is 0 Å². The third-order valence-corrected chi connectivity index (χ3v) is 7.29. The number of aliphatic hydroxyl groups excluding tert-OH is 1. The second-order valence-electron chi connectivity index (χ2n) is 9.24. The fraction of sp³-hybridized carbons (Fsp3) is 0.321. The van der Waals surface area contributed by atoms with E-state index in [1.165, 1.54) is 16.9 Å². The molecule has 3 aromatic rings. The Hall–Kier alpha value is -3.37. The molecule has 0 atom stereocenters. The van der Waals surface area contributed by atoms with Crippen LogP contribution in [-0.2, 0) is 6.54 Å². The summed E-state index contributed by atoms with van der Waals surface area (Å²) >= 11 is 1.34. The number of nitrogens with zero attached hydrogens (tertiary/aromatic N) is 3. The van der Waals surface area contributed by atoms with Crippen molar-refractivity contribution in [3.8, 4) is 0 Å². The number of benzene rings is 2. The van der Waals surface area contributed by atoms with Crippen LogP contribution in [0.15, 0.2) is 58.3 Å². The highest BCUT2D eigenvalue weighted by atomic mass is 32.1. The van der Waals surface area contributed by atoms with Crippen molar-refractivity contribution < 1.29 is 14.7 Å². The quantitative estimate of drug-likeness (QED) is 0.297. The monoisotopic (exact) mass is 519 g/mol. The first-order valence-corrected chi connectivity index (χ1v) is 13.3. The van der Waals surface area contributed by atoms with Gasteiger partial charge in [-0.05, 0) is 48.2 Å². The molecule has 8 nitrogen and oxygen atoms in total. The van der Waals surface area contributed by atoms with Crippen molar-refractivity contribution in [1.29, 1.82) is 0 Å². The number of hydrogen-bond donors (Lipinski definition) is 3. The zero-order valence-corrected chi connectivity index (χ0v) is 22.1. The number of hydrazone groups is 1. The van der Waals surface area contributed by atoms with E-state index in [-0.39, 0.29) is 18.4 Å². The Labute approximate surface area is 221 Å². The number of carbonyl (C=O) groups excluding carboxylic acids is 2. The van der Waals surface area contributed by atoms with Crippen LogP contribution in [0, 0.1) is 13.8 Å². The average Bonchev–Trinajstić information content (AvgIpc) is 3.36. The normalized spacial score (nSPS) is 14.7. The highest BCUT2D eigenvalue weighted by Crippen LogP contribution is 2.22. The van der Waals surface area contributed by atoms with Crippen molar-refractivity contribution in [2.24, 2.45) is 5.10 Å². The zero-order chi connectivity index (χ0) is 26.2. The molecule has 0 unspecified atom stereocenters. The number of carbonyl (C=O) groups is 2. The summed E-state index contributed by atoms with van der Waals surface area (Å²) in [4.78, 5) is 30.3. The molecule has 0 spiro atoms. The van der Waals surface area contributed by atoms with Crippen LogP contribution < -0.4 is 10.7 Å². The van der Waals surface area contributed by atoms with Crippen LogP contribution in [-0.4, -0.2) is 72.3 Å². The molecule has 1 aromatic heterocycles. The lowest BCUT2D eigenvalue weighted by molar-refractivity contribution is 0.0956. The van der Waals surface area contributed by atoms with Gasteiger partial charge in [0.25, 0.3) is 11.8 Å². The molecule has 2 amide bonds. The standard InChI is InChI=1S/C28H33N5O3S/c1-20-6-7-22(14-21(20)2)16-29-31-28(36)25-18-37-19-26(25)30-27(35)24-5-3-4-23(15-24)17-33-10-8-32(9-11-33)12-13-34/h3-7,14-16,18-19,34H,8-13,17H2,1-2H3,(H,30,35)(H,31,36)/b29-16+. The second kappa shape index (κ2) is 12.7. The van der Waals surface area contributed by atoms with Crippen LogP contribution in [0.5, 0.6) is 0 Å². The third kappa shape index (κ3) is 7.33. The predicted octanol–water partition coefficient (Wildman–Crippen LogP) is 3.49. The molecule has 9 heteroatoms. The number of thiophene rings is 1. The maximum atomic E-state index is 13.0. The minimum Gasteiger partial charge on any atom is -0.395 e. The smallest absolute Gasteiger partial charge is 0.274 e. The summed E-state index contributed by atoms with van der Waals surface area (Å²) in [7, 11) is 0. The van der Waals surface area contributed by atoms with Crippen molar-refractivity contribution in [2.75, 3.05) is 44.6 Å². The molecular formula is C28H33N5O3S. The maximum absolute atomic E-state index is 13.0. The van der Waals surface area contributed by atoms with Crippen molar-refractivity contribution in [3.05, 3.63) is 86.6 Å². The Bertz CT molecular complexity index is 1260. The van der Waals surface area contributed by atoms with Crippen LogP contribution in [0.1, 0.15) is 43.0 Å². The maximum Gasteiger partial charge on any atom is 0.274 e. The first-order valence-electron chi connectivity index (χ1n) is 12.4. The number of β-amino-alcohol motifs (C(OH)–C–C–N with tert-alkyl or cyclic N) is 1. The molecule has 1 saturated heterocycles. The molecule has 1 aliphatic heterocycles. The molecule has 4 rings (SSSR count). The Kier molecular flexibility index (Phi) is 9.19. The number of aryl methyl sites for hydroxylation is 2. The summed E-state index contributed by atoms with van der Waals surface area (Å²) in [5.41, 5.74) is 8.23. The zero-order valence-electron chi connectivity index (χ0n) is 21.2. The third-order valence-electron chi connectivity index (χ3n) is 6.54. The van der Waals surface area contributed by atoms with Crippen LogP contribution in [0.2, 0.25) is 0 Å². The van der Waals surface area contributed by atoms with E-state index < -0.39 is 0 Å². The fourth-order valence-electron chi connectivity index (χ4n) is 4.22. The highest BCUT2D eigenvalue weighted by molar-refractivity contribution is 7.08. The van der Waals surface area contributed by atoms with Gasteiger partial charge in [0.1, 0.15) is 0 Å². The van der Waals surface area contributed by atoms with Crippen LogP contribution in [0.3, 0.4) is 0 Å². The molecule has 37 heavy (non-hydrogen) atoms. The number of rotatable bonds is 9. The lowest BCUT2D eigenvalue weighted by atomic mass is 10.1. The molecule has 194 valence electrons. The average molecular weight is 520 g/mol. The van der Waals surface area contributed by atoms with Gasteiger partial charge >= 0.3 is 0 Å². The molecule has 1 fully saturated rings. The first kappa shape index (κ1) is 26.7. The van der Waals surface area contributed by atoms with E-state index in [1.807, 2.05) is 50.2 Å². The first-order chi connectivity index (χ1) is 17.9. The molecule has 2 heterocycles. The lowest BCUT2D eigenvalue weighted by Gasteiger charge is -2.34. The summed E-state index contributed by atoms with van der Waals surface area (Å²) < 4.78 is 0. The highest BCUT2D eigenvalue weighted by Gasteiger charge is 2.18. The molecule has 2 aromatic carbocycles. The van der Waals surface area contributed by atoms with Gasteiger partial charge in [-0.2, -0.15) is 5.10 Å². The molecule has 0 radical (unpaired) electrons. The SMILES string of the molecule is Cc1ccc(/C=N/NC(=O)c2cscc2NC(=O)c2cccc(CN3CCN(CCO)CC3)c2)cc1C. The van der Waals surface area contributed by atoms with Gasteiger partial charge in [-0.25, -0.2) is 5.43 Å². The summed E-state index contributed by atoms with van der Waals surface area (Å²) in [5.74, 6) is -0.647. The van der Waals surface area contributed by atoms with Gasteiger partial charge in [0, 0.05) is 55.6 Å². The minimum atomic E-state index is -0.384. The van der Waals surface area contributed by atoms with Crippen molar-refractivity contribution in [2.45, 2.75) is 20.4 Å². The number of amides is 2. The molecule has 0 aliphatic carbocycles. The number of nitrogens with one attached hydrogen (secondary N) is 2. The number of hydrogen-bond acceptors (Lipinski definition) is 7. The molecular weight excluding hydrogens is 486 g/mol. The largest absolute Gasteiger partial charge is 0.395 e. The molecule has 0 bridgehead atoms. The van der Waals surface area contributed by atoms with Crippen molar-refractivity contribution in [3.63, 3.8) is 0 Å². The minimum absolute atomic E-state index is 0.186. The lowest BCUT2D eigenvalue weighted by Crippen LogP contribution is -2.46. The Morgan fingerprint density at radius 1 is 1.00 bits per heavy atom. The molecule has 3 N–H and O–H groups in total. The van der Waals surface area contributed by atoms with Gasteiger partial charge in [-0.3, -0.25) is 19.4 Å². The van der Waals surface area contributed by atoms with Crippen molar-refractivity contribution in [1.82, 2.24) is 15.2 Å². The van der Waals surface area contributed by atoms with Gasteiger partial charge in [0.2, 0.25) is 0 Å². The number of aliphatic hydroxyl groups is 1. The van der Waals surface area contributed by atoms with E-state index in [1.54, 1.807) is 23.0 Å². The van der Waals surface area contributed by atoms with E-state index in [4.69, 9.17) is 5.11 Å². The van der Waals surface area contributed by atoms with E-state index in [0.29, 0.717) is 23.4 Å². The topological polar surface area (TPSA) is 97.3 Å². The predicted molar refractivity (Wildman–Crippen MR) is 148 cm³/mol. The fourth-order valence-corrected chi connectivity index (χ4v) is 4.98. The summed E-state index contributed by atoms with van der Waals surface area (Å²) in [5, 5.41) is 19.5. The molecule has 0 saturated carbocycles.